The van der Waals surface area contributed by atoms with E-state index in [0.717, 1.165) is 18.4 Å². The van der Waals surface area contributed by atoms with Crippen LogP contribution in [0.3, 0.4) is 0 Å². The van der Waals surface area contributed by atoms with Crippen molar-refractivity contribution in [1.82, 2.24) is 0 Å². The number of benzene rings is 2. The van der Waals surface area contributed by atoms with Gasteiger partial charge in [0.25, 0.3) is 0 Å². The highest BCUT2D eigenvalue weighted by molar-refractivity contribution is 7.40. The molecule has 0 fully saturated rings. The molecule has 236 valence electrons. The molecule has 0 aliphatic heterocycles. The van der Waals surface area contributed by atoms with Gasteiger partial charge in [0.1, 0.15) is 17.7 Å². The third kappa shape index (κ3) is 3.74. The summed E-state index contributed by atoms with van der Waals surface area (Å²) in [5, 5.41) is 22.4. The van der Waals surface area contributed by atoms with Gasteiger partial charge in [-0.25, -0.2) is 0 Å². The Morgan fingerprint density at radius 3 is 1.90 bits per heavy atom. The monoisotopic (exact) mass is 696 g/mol. The summed E-state index contributed by atoms with van der Waals surface area (Å²) in [6.45, 7) is 13.7. The van der Waals surface area contributed by atoms with E-state index in [1.54, 1.807) is 0 Å². The summed E-state index contributed by atoms with van der Waals surface area (Å²) in [6, 6.07) is 21.4. The lowest BCUT2D eigenvalue weighted by Gasteiger charge is -2.24. The molecule has 4 heterocycles. The van der Waals surface area contributed by atoms with Gasteiger partial charge in [0.05, 0.1) is 13.4 Å². The number of rotatable bonds is 4. The van der Waals surface area contributed by atoms with Crippen molar-refractivity contribution in [2.45, 2.75) is 71.6 Å². The van der Waals surface area contributed by atoms with Gasteiger partial charge in [-0.3, -0.25) is 4.79 Å². The number of aryl methyl sites for hydroxylation is 2. The molecule has 0 spiro atoms. The summed E-state index contributed by atoms with van der Waals surface area (Å²) in [5.41, 5.74) is 9.66. The fraction of sp³-hybridized carbons (Fsp3) is 0.293. The van der Waals surface area contributed by atoms with Gasteiger partial charge in [-0.05, 0) is 96.3 Å². The minimum absolute atomic E-state index is 0.0142. The van der Waals surface area contributed by atoms with Crippen molar-refractivity contribution in [2.75, 3.05) is 0 Å². The highest BCUT2D eigenvalue weighted by atomic mass is 32.2. The van der Waals surface area contributed by atoms with Crippen molar-refractivity contribution >= 4 is 75.5 Å². The van der Waals surface area contributed by atoms with Crippen LogP contribution in [0.5, 0.6) is 0 Å². The first kappa shape index (κ1) is 30.2. The van der Waals surface area contributed by atoms with Crippen LogP contribution in [0, 0.1) is 35.0 Å². The van der Waals surface area contributed by atoms with E-state index in [1.807, 2.05) is 76.5 Å². The Hall–Kier alpha value is -3.85. The lowest BCUT2D eigenvalue weighted by atomic mass is 9.75. The van der Waals surface area contributed by atoms with Crippen LogP contribution in [0.4, 0.5) is 0 Å². The number of hydrogen-bond donors (Lipinski definition) is 0. The van der Waals surface area contributed by atoms with Gasteiger partial charge in [0, 0.05) is 52.2 Å². The molecule has 0 saturated heterocycles. The summed E-state index contributed by atoms with van der Waals surface area (Å²) < 4.78 is 2.82. The van der Waals surface area contributed by atoms with Crippen molar-refractivity contribution in [3.05, 3.63) is 97.2 Å². The van der Waals surface area contributed by atoms with Crippen LogP contribution in [-0.2, 0) is 17.3 Å². The Labute approximate surface area is 296 Å². The van der Waals surface area contributed by atoms with Crippen LogP contribution in [0.15, 0.2) is 54.1 Å². The van der Waals surface area contributed by atoms with Crippen LogP contribution in [0.25, 0.3) is 45.3 Å². The summed E-state index contributed by atoms with van der Waals surface area (Å²) in [7, 11) is 0. The molecule has 3 nitrogen and oxygen atoms in total. The van der Waals surface area contributed by atoms with Crippen molar-refractivity contribution in [2.24, 2.45) is 5.41 Å². The molecule has 4 aromatic heterocycles. The molecular formula is C41H32N2OS4. The molecule has 48 heavy (non-hydrogen) atoms. The molecule has 0 amide bonds. The van der Waals surface area contributed by atoms with Crippen LogP contribution in [0.1, 0.15) is 95.4 Å². The number of allylic oxidation sites excluding steroid dienone is 2. The number of nitriles is 2. The zero-order valence-corrected chi connectivity index (χ0v) is 30.9. The first-order chi connectivity index (χ1) is 22.9. The molecule has 0 radical (unpaired) electrons. The second-order valence-electron chi connectivity index (χ2n) is 14.8. The van der Waals surface area contributed by atoms with Crippen molar-refractivity contribution in [1.29, 1.82) is 10.5 Å². The Kier molecular flexibility index (Phi) is 6.21. The summed E-state index contributed by atoms with van der Waals surface area (Å²) >= 11 is 7.72. The third-order valence-corrected chi connectivity index (χ3v) is 16.2. The second kappa shape index (κ2) is 9.87. The molecule has 3 aliphatic rings. The third-order valence-electron chi connectivity index (χ3n) is 11.3. The van der Waals surface area contributed by atoms with E-state index in [4.69, 9.17) is 0 Å². The molecule has 0 bridgehead atoms. The zero-order chi connectivity index (χ0) is 33.5. The molecule has 0 N–H and O–H groups in total. The van der Waals surface area contributed by atoms with Crippen molar-refractivity contribution in [3.63, 3.8) is 0 Å². The molecule has 1 atom stereocenters. The average molecular weight is 697 g/mol. The fourth-order valence-corrected chi connectivity index (χ4v) is 14.6. The number of nitrogens with zero attached hydrogens (tertiary/aromatic N) is 2. The van der Waals surface area contributed by atoms with Gasteiger partial charge in [0.15, 0.2) is 5.78 Å². The highest BCUT2D eigenvalue weighted by Gasteiger charge is 2.48. The average Bonchev–Trinajstić information content (AvgIpc) is 3.87. The van der Waals surface area contributed by atoms with Crippen LogP contribution >= 0.6 is 45.3 Å². The number of carbonyl (C=O) groups is 1. The number of fused-ring (bicyclic) bond motifs is 11. The van der Waals surface area contributed by atoms with E-state index in [2.05, 4.69) is 71.0 Å². The Morgan fingerprint density at radius 1 is 0.729 bits per heavy atom. The van der Waals surface area contributed by atoms with E-state index in [-0.39, 0.29) is 22.2 Å². The van der Waals surface area contributed by atoms with Crippen molar-refractivity contribution < 1.29 is 4.79 Å². The Balaban J connectivity index is 1.04. The van der Waals surface area contributed by atoms with Crippen LogP contribution < -0.4 is 0 Å². The minimum Gasteiger partial charge on any atom is -0.293 e. The van der Waals surface area contributed by atoms with Crippen LogP contribution in [0.2, 0.25) is 0 Å². The van der Waals surface area contributed by atoms with Gasteiger partial charge < -0.3 is 0 Å². The molecule has 2 aromatic carbocycles. The predicted molar refractivity (Wildman–Crippen MR) is 203 cm³/mol. The van der Waals surface area contributed by atoms with Gasteiger partial charge in [-0.1, -0.05) is 52.0 Å². The Morgan fingerprint density at radius 2 is 1.29 bits per heavy atom. The Bertz CT molecular complexity index is 2550. The van der Waals surface area contributed by atoms with E-state index in [1.165, 1.54) is 71.7 Å². The fourth-order valence-electron chi connectivity index (χ4n) is 8.98. The number of carbonyl (C=O) groups excluding carboxylic acids is 1. The summed E-state index contributed by atoms with van der Waals surface area (Å²) in [5.74, 6) is 0.0142. The maximum atomic E-state index is 13.7. The predicted octanol–water partition coefficient (Wildman–Crippen LogP) is 12.2. The maximum absolute atomic E-state index is 13.7. The van der Waals surface area contributed by atoms with E-state index < -0.39 is 5.41 Å². The number of hydrogen-bond acceptors (Lipinski definition) is 7. The SMILES string of the molecule is Cc1cc2c3c(sc2s1)-c1cc2c(cc1C3(C)C)-c1sc3sc(CCCC4(C)C(=O)c5ccccc5C4=C(C#N)C#N)cc3c1C2(C)C. The van der Waals surface area contributed by atoms with E-state index in [9.17, 15) is 15.3 Å². The van der Waals surface area contributed by atoms with Gasteiger partial charge in [0.2, 0.25) is 0 Å². The normalized spacial score (nSPS) is 19.2. The van der Waals surface area contributed by atoms with Gasteiger partial charge in [-0.15, -0.1) is 45.3 Å². The highest BCUT2D eigenvalue weighted by Crippen LogP contribution is 2.62. The number of thiophene rings is 4. The lowest BCUT2D eigenvalue weighted by molar-refractivity contribution is 0.0880. The molecule has 9 rings (SSSR count). The standard InChI is InChI=1S/C41H32N2OS4/c1-20-14-27-32-34(47-37(27)45-20)25-16-30-26(17-29(25)39(32,2)3)35-33(40(30,4)5)28-15-22(46-38(28)48-35)10-9-13-41(6)31(21(18-42)19-43)23-11-7-8-12-24(23)36(41)44/h7-8,11-12,14-17H,9-10,13H2,1-6H3. The van der Waals surface area contributed by atoms with Gasteiger partial charge in [-0.2, -0.15) is 10.5 Å². The molecule has 7 heteroatoms. The lowest BCUT2D eigenvalue weighted by Crippen LogP contribution is -2.24. The van der Waals surface area contributed by atoms with E-state index >= 15 is 0 Å². The zero-order valence-electron chi connectivity index (χ0n) is 27.7. The van der Waals surface area contributed by atoms with Crippen LogP contribution in [-0.4, -0.2) is 5.78 Å². The van der Waals surface area contributed by atoms with Gasteiger partial charge >= 0.3 is 0 Å². The van der Waals surface area contributed by atoms with Crippen molar-refractivity contribution in [3.8, 4) is 33.0 Å². The van der Waals surface area contributed by atoms with E-state index in [0.29, 0.717) is 17.6 Å². The summed E-state index contributed by atoms with van der Waals surface area (Å²) in [4.78, 5) is 19.3. The molecule has 6 aromatic rings. The molecule has 0 saturated carbocycles. The largest absolute Gasteiger partial charge is 0.293 e. The smallest absolute Gasteiger partial charge is 0.173 e. The molecule has 3 aliphatic carbocycles. The first-order valence-corrected chi connectivity index (χ1v) is 19.6. The maximum Gasteiger partial charge on any atom is 0.173 e. The molecular weight excluding hydrogens is 665 g/mol. The first-order valence-electron chi connectivity index (χ1n) is 16.4. The number of Topliss-reactive ketones (excluding diaryl/α,β-unsaturated/α-hetero) is 1. The summed E-state index contributed by atoms with van der Waals surface area (Å²) in [6.07, 6.45) is 2.24. The second-order valence-corrected chi connectivity index (χ2v) is 19.8. The molecule has 1 unspecified atom stereocenters. The number of ketones is 1. The minimum atomic E-state index is -0.880. The quantitative estimate of drug-likeness (QED) is 0.172. The topological polar surface area (TPSA) is 64.7 Å².